The van der Waals surface area contributed by atoms with Crippen LogP contribution in [0.5, 0.6) is 0 Å². The summed E-state index contributed by atoms with van der Waals surface area (Å²) in [6.45, 7) is 2.76. The van der Waals surface area contributed by atoms with Gasteiger partial charge in [-0.3, -0.25) is 9.89 Å². The zero-order valence-corrected chi connectivity index (χ0v) is 10.3. The quantitative estimate of drug-likeness (QED) is 0.840. The molecule has 1 aromatic rings. The highest BCUT2D eigenvalue weighted by molar-refractivity contribution is 5.93. The SMILES string of the molecule is CCN(C(=O)c1cc(N)n[nH]1)C1CCCCC1. The average Bonchev–Trinajstić information content (AvgIpc) is 2.78. The molecule has 0 unspecified atom stereocenters. The summed E-state index contributed by atoms with van der Waals surface area (Å²) in [4.78, 5) is 14.2. The number of nitrogens with one attached hydrogen (secondary N) is 1. The molecule has 1 aromatic heterocycles. The number of nitrogens with two attached hydrogens (primary N) is 1. The standard InChI is InChI=1S/C12H20N4O/c1-2-16(9-6-4-3-5-7-9)12(17)10-8-11(13)15-14-10/h8-9H,2-7H2,1H3,(H3,13,14,15). The second-order valence-electron chi connectivity index (χ2n) is 4.59. The van der Waals surface area contributed by atoms with Crippen molar-refractivity contribution >= 4 is 11.7 Å². The van der Waals surface area contributed by atoms with Crippen molar-refractivity contribution in [1.29, 1.82) is 0 Å². The van der Waals surface area contributed by atoms with Crippen molar-refractivity contribution in [3.63, 3.8) is 0 Å². The van der Waals surface area contributed by atoms with Crippen LogP contribution in [0.15, 0.2) is 6.07 Å². The van der Waals surface area contributed by atoms with Gasteiger partial charge in [0.15, 0.2) is 0 Å². The minimum absolute atomic E-state index is 0.0172. The Morgan fingerprint density at radius 2 is 2.24 bits per heavy atom. The van der Waals surface area contributed by atoms with Crippen molar-refractivity contribution in [2.75, 3.05) is 12.3 Å². The third-order valence-electron chi connectivity index (χ3n) is 3.45. The molecule has 3 N–H and O–H groups in total. The summed E-state index contributed by atoms with van der Waals surface area (Å²) < 4.78 is 0. The molecule has 1 aliphatic rings. The molecule has 1 saturated carbocycles. The van der Waals surface area contributed by atoms with Crippen LogP contribution in [0.25, 0.3) is 0 Å². The van der Waals surface area contributed by atoms with E-state index in [1.165, 1.54) is 19.3 Å². The van der Waals surface area contributed by atoms with Crippen molar-refractivity contribution in [2.24, 2.45) is 0 Å². The van der Waals surface area contributed by atoms with E-state index in [1.54, 1.807) is 6.07 Å². The number of rotatable bonds is 3. The molecule has 0 radical (unpaired) electrons. The van der Waals surface area contributed by atoms with E-state index >= 15 is 0 Å². The van der Waals surface area contributed by atoms with Gasteiger partial charge in [0.05, 0.1) is 0 Å². The lowest BCUT2D eigenvalue weighted by molar-refractivity contribution is 0.0642. The summed E-state index contributed by atoms with van der Waals surface area (Å²) in [5.74, 6) is 0.386. The van der Waals surface area contributed by atoms with Gasteiger partial charge in [0.25, 0.3) is 5.91 Å². The molecule has 0 spiro atoms. The van der Waals surface area contributed by atoms with Crippen LogP contribution < -0.4 is 5.73 Å². The van der Waals surface area contributed by atoms with Crippen LogP contribution in [0, 0.1) is 0 Å². The molecular weight excluding hydrogens is 216 g/mol. The molecule has 0 saturated heterocycles. The lowest BCUT2D eigenvalue weighted by atomic mass is 9.94. The molecule has 0 bridgehead atoms. The van der Waals surface area contributed by atoms with Gasteiger partial charge in [-0.25, -0.2) is 0 Å². The summed E-state index contributed by atoms with van der Waals surface area (Å²) in [5, 5.41) is 6.50. The minimum atomic E-state index is 0.0172. The van der Waals surface area contributed by atoms with Gasteiger partial charge in [-0.1, -0.05) is 19.3 Å². The van der Waals surface area contributed by atoms with E-state index in [2.05, 4.69) is 10.2 Å². The summed E-state index contributed by atoms with van der Waals surface area (Å²) in [6, 6.07) is 1.99. The van der Waals surface area contributed by atoms with E-state index in [9.17, 15) is 4.79 Å². The molecule has 0 aromatic carbocycles. The van der Waals surface area contributed by atoms with Crippen molar-refractivity contribution in [3.05, 3.63) is 11.8 Å². The maximum atomic E-state index is 12.3. The zero-order chi connectivity index (χ0) is 12.3. The molecule has 1 amide bonds. The van der Waals surface area contributed by atoms with Crippen molar-refractivity contribution in [1.82, 2.24) is 15.1 Å². The predicted molar refractivity (Wildman–Crippen MR) is 66.6 cm³/mol. The molecular formula is C12H20N4O. The van der Waals surface area contributed by atoms with Crippen LogP contribution in [0.4, 0.5) is 5.82 Å². The fourth-order valence-corrected chi connectivity index (χ4v) is 2.56. The lowest BCUT2D eigenvalue weighted by Gasteiger charge is -2.33. The van der Waals surface area contributed by atoms with Crippen LogP contribution in [0.3, 0.4) is 0 Å². The van der Waals surface area contributed by atoms with E-state index < -0.39 is 0 Å². The summed E-state index contributed by atoms with van der Waals surface area (Å²) in [7, 11) is 0. The molecule has 94 valence electrons. The Bertz CT molecular complexity index is 382. The fourth-order valence-electron chi connectivity index (χ4n) is 2.56. The van der Waals surface area contributed by atoms with Crippen molar-refractivity contribution in [2.45, 2.75) is 45.1 Å². The molecule has 1 heterocycles. The van der Waals surface area contributed by atoms with Gasteiger partial charge in [-0.05, 0) is 19.8 Å². The van der Waals surface area contributed by atoms with Gasteiger partial charge in [-0.15, -0.1) is 0 Å². The van der Waals surface area contributed by atoms with Gasteiger partial charge in [-0.2, -0.15) is 5.10 Å². The fraction of sp³-hybridized carbons (Fsp3) is 0.667. The number of nitrogens with zero attached hydrogens (tertiary/aromatic N) is 2. The normalized spacial score (nSPS) is 17.0. The predicted octanol–water partition coefficient (Wildman–Crippen LogP) is 1.79. The highest BCUT2D eigenvalue weighted by Gasteiger charge is 2.25. The third kappa shape index (κ3) is 2.60. The minimum Gasteiger partial charge on any atom is -0.382 e. The Hall–Kier alpha value is -1.52. The number of carbonyl (C=O) groups is 1. The number of aromatic amines is 1. The highest BCUT2D eigenvalue weighted by atomic mass is 16.2. The molecule has 17 heavy (non-hydrogen) atoms. The van der Waals surface area contributed by atoms with Crippen LogP contribution >= 0.6 is 0 Å². The number of hydrogen-bond acceptors (Lipinski definition) is 3. The molecule has 5 nitrogen and oxygen atoms in total. The molecule has 1 aliphatic carbocycles. The van der Waals surface area contributed by atoms with E-state index in [1.807, 2.05) is 11.8 Å². The average molecular weight is 236 g/mol. The topological polar surface area (TPSA) is 75.0 Å². The Balaban J connectivity index is 2.09. The number of amides is 1. The maximum Gasteiger partial charge on any atom is 0.272 e. The third-order valence-corrected chi connectivity index (χ3v) is 3.45. The highest BCUT2D eigenvalue weighted by Crippen LogP contribution is 2.23. The summed E-state index contributed by atoms with van der Waals surface area (Å²) in [6.07, 6.45) is 5.96. The Morgan fingerprint density at radius 1 is 1.53 bits per heavy atom. The van der Waals surface area contributed by atoms with Gasteiger partial charge in [0.2, 0.25) is 0 Å². The largest absolute Gasteiger partial charge is 0.382 e. The number of anilines is 1. The number of hydrogen-bond donors (Lipinski definition) is 2. The summed E-state index contributed by atoms with van der Waals surface area (Å²) >= 11 is 0. The van der Waals surface area contributed by atoms with E-state index in [0.717, 1.165) is 19.4 Å². The number of nitrogen functional groups attached to an aromatic ring is 1. The van der Waals surface area contributed by atoms with Crippen LogP contribution in [0.2, 0.25) is 0 Å². The lowest BCUT2D eigenvalue weighted by Crippen LogP contribution is -2.41. The number of aromatic nitrogens is 2. The first-order valence-electron chi connectivity index (χ1n) is 6.34. The van der Waals surface area contributed by atoms with Gasteiger partial charge < -0.3 is 10.6 Å². The molecule has 1 fully saturated rings. The molecule has 2 rings (SSSR count). The zero-order valence-electron chi connectivity index (χ0n) is 10.3. The molecule has 0 atom stereocenters. The first-order valence-corrected chi connectivity index (χ1v) is 6.34. The van der Waals surface area contributed by atoms with Crippen molar-refractivity contribution < 1.29 is 4.79 Å². The van der Waals surface area contributed by atoms with Crippen molar-refractivity contribution in [3.8, 4) is 0 Å². The molecule has 5 heteroatoms. The smallest absolute Gasteiger partial charge is 0.272 e. The Labute approximate surface area is 101 Å². The van der Waals surface area contributed by atoms with Gasteiger partial charge >= 0.3 is 0 Å². The van der Waals surface area contributed by atoms with Crippen LogP contribution in [-0.4, -0.2) is 33.6 Å². The number of H-pyrrole nitrogens is 1. The van der Waals surface area contributed by atoms with E-state index in [4.69, 9.17) is 5.73 Å². The maximum absolute atomic E-state index is 12.3. The Kier molecular flexibility index (Phi) is 3.66. The second-order valence-corrected chi connectivity index (χ2v) is 4.59. The van der Waals surface area contributed by atoms with E-state index in [0.29, 0.717) is 17.6 Å². The van der Waals surface area contributed by atoms with Gasteiger partial charge in [0.1, 0.15) is 11.5 Å². The summed E-state index contributed by atoms with van der Waals surface area (Å²) in [5.41, 5.74) is 6.02. The van der Waals surface area contributed by atoms with Gasteiger partial charge in [0, 0.05) is 18.7 Å². The Morgan fingerprint density at radius 3 is 2.76 bits per heavy atom. The number of carbonyl (C=O) groups excluding carboxylic acids is 1. The monoisotopic (exact) mass is 236 g/mol. The van der Waals surface area contributed by atoms with Crippen LogP contribution in [0.1, 0.15) is 49.5 Å². The molecule has 0 aliphatic heterocycles. The van der Waals surface area contributed by atoms with Crippen LogP contribution in [-0.2, 0) is 0 Å². The second kappa shape index (κ2) is 5.21. The first kappa shape index (κ1) is 12.0. The van der Waals surface area contributed by atoms with E-state index in [-0.39, 0.29) is 5.91 Å². The first-order chi connectivity index (χ1) is 8.22.